The normalized spacial score (nSPS) is 16.0. The summed E-state index contributed by atoms with van der Waals surface area (Å²) in [6.45, 7) is 1.16. The molecule has 0 spiro atoms. The summed E-state index contributed by atoms with van der Waals surface area (Å²) in [5.74, 6) is 2.03. The van der Waals surface area contributed by atoms with Crippen molar-refractivity contribution in [2.24, 2.45) is 5.92 Å². The molecular weight excluding hydrogens is 436 g/mol. The molecule has 6 nitrogen and oxygen atoms in total. The molecule has 1 aromatic carbocycles. The molecule has 2 fully saturated rings. The van der Waals surface area contributed by atoms with Crippen LogP contribution in [0.2, 0.25) is 0 Å². The summed E-state index contributed by atoms with van der Waals surface area (Å²) in [6.07, 6.45) is 13.5. The van der Waals surface area contributed by atoms with Crippen molar-refractivity contribution in [1.29, 1.82) is 0 Å². The van der Waals surface area contributed by atoms with Crippen LogP contribution in [0.15, 0.2) is 60.9 Å². The zero-order valence-corrected chi connectivity index (χ0v) is 20.2. The fourth-order valence-electron chi connectivity index (χ4n) is 4.86. The molecule has 2 aromatic heterocycles. The molecule has 6 heteroatoms. The van der Waals surface area contributed by atoms with Crippen LogP contribution in [0.5, 0.6) is 5.75 Å². The molecule has 2 N–H and O–H groups in total. The smallest absolute Gasteiger partial charge is 0.269 e. The fourth-order valence-corrected chi connectivity index (χ4v) is 4.86. The maximum Gasteiger partial charge on any atom is 0.269 e. The van der Waals surface area contributed by atoms with E-state index >= 15 is 0 Å². The molecule has 0 aliphatic heterocycles. The minimum atomic E-state index is -0.106. The Hall–Kier alpha value is -3.41. The highest BCUT2D eigenvalue weighted by Crippen LogP contribution is 2.45. The SMILES string of the molecule is O=C(NCCC1CCCCC1)c1cc(Nc2ccc(OCc3ccccn3)cc2C2CC2)ccn1. The van der Waals surface area contributed by atoms with E-state index in [4.69, 9.17) is 4.74 Å². The first-order valence-electron chi connectivity index (χ1n) is 12.9. The van der Waals surface area contributed by atoms with Gasteiger partial charge in [0, 0.05) is 30.3 Å². The van der Waals surface area contributed by atoms with E-state index in [0.717, 1.165) is 35.2 Å². The fraction of sp³-hybridized carbons (Fsp3) is 0.414. The number of ether oxygens (including phenoxy) is 1. The molecule has 0 atom stereocenters. The standard InChI is InChI=1S/C29H34N4O2/c34-29(32-16-13-21-6-2-1-3-7-21)28-18-23(14-17-31-28)33-27-12-11-25(19-26(27)22-9-10-22)35-20-24-8-4-5-15-30-24/h4-5,8,11-12,14-15,17-19,21-22H,1-3,6-7,9-10,13,16,20H2,(H,31,33)(H,32,34). The van der Waals surface area contributed by atoms with Gasteiger partial charge in [-0.2, -0.15) is 0 Å². The van der Waals surface area contributed by atoms with Crippen LogP contribution < -0.4 is 15.4 Å². The molecule has 0 unspecified atom stereocenters. The molecule has 3 aromatic rings. The van der Waals surface area contributed by atoms with Crippen LogP contribution in [0.25, 0.3) is 0 Å². The molecule has 182 valence electrons. The number of hydrogen-bond donors (Lipinski definition) is 2. The van der Waals surface area contributed by atoms with E-state index in [2.05, 4.69) is 32.7 Å². The Kier molecular flexibility index (Phi) is 7.56. The van der Waals surface area contributed by atoms with Gasteiger partial charge in [-0.15, -0.1) is 0 Å². The molecule has 2 aliphatic carbocycles. The number of aromatic nitrogens is 2. The van der Waals surface area contributed by atoms with E-state index in [9.17, 15) is 4.79 Å². The van der Waals surface area contributed by atoms with Crippen molar-refractivity contribution >= 4 is 17.3 Å². The van der Waals surface area contributed by atoms with Gasteiger partial charge in [0.1, 0.15) is 18.1 Å². The number of benzene rings is 1. The summed E-state index contributed by atoms with van der Waals surface area (Å²) in [7, 11) is 0. The quantitative estimate of drug-likeness (QED) is 0.360. The Bertz CT molecular complexity index is 1120. The molecule has 2 heterocycles. The van der Waals surface area contributed by atoms with E-state index in [1.807, 2.05) is 36.4 Å². The second-order valence-electron chi connectivity index (χ2n) is 9.74. The van der Waals surface area contributed by atoms with Gasteiger partial charge >= 0.3 is 0 Å². The van der Waals surface area contributed by atoms with E-state index in [0.29, 0.717) is 24.8 Å². The van der Waals surface area contributed by atoms with E-state index < -0.39 is 0 Å². The van der Waals surface area contributed by atoms with Gasteiger partial charge in [-0.3, -0.25) is 14.8 Å². The third-order valence-corrected chi connectivity index (χ3v) is 6.99. The van der Waals surface area contributed by atoms with Crippen LogP contribution >= 0.6 is 0 Å². The molecule has 0 saturated heterocycles. The van der Waals surface area contributed by atoms with Gasteiger partial charge in [-0.25, -0.2) is 0 Å². The van der Waals surface area contributed by atoms with Gasteiger partial charge in [0.25, 0.3) is 5.91 Å². The minimum absolute atomic E-state index is 0.106. The minimum Gasteiger partial charge on any atom is -0.487 e. The molecule has 5 rings (SSSR count). The van der Waals surface area contributed by atoms with Crippen molar-refractivity contribution in [2.45, 2.75) is 63.9 Å². The maximum atomic E-state index is 12.7. The summed E-state index contributed by atoms with van der Waals surface area (Å²) >= 11 is 0. The summed E-state index contributed by atoms with van der Waals surface area (Å²) < 4.78 is 5.99. The number of amides is 1. The third-order valence-electron chi connectivity index (χ3n) is 6.99. The van der Waals surface area contributed by atoms with Gasteiger partial charge in [0.2, 0.25) is 0 Å². The van der Waals surface area contributed by atoms with Gasteiger partial charge < -0.3 is 15.4 Å². The lowest BCUT2D eigenvalue weighted by atomic mass is 9.87. The Balaban J connectivity index is 1.20. The van der Waals surface area contributed by atoms with Crippen LogP contribution in [-0.4, -0.2) is 22.4 Å². The summed E-state index contributed by atoms with van der Waals surface area (Å²) in [5.41, 5.74) is 4.51. The van der Waals surface area contributed by atoms with E-state index in [-0.39, 0.29) is 5.91 Å². The Morgan fingerprint density at radius 1 is 0.943 bits per heavy atom. The molecule has 0 bridgehead atoms. The van der Waals surface area contributed by atoms with Crippen LogP contribution in [0.3, 0.4) is 0 Å². The second-order valence-corrected chi connectivity index (χ2v) is 9.74. The lowest BCUT2D eigenvalue weighted by Gasteiger charge is -2.21. The lowest BCUT2D eigenvalue weighted by molar-refractivity contribution is 0.0945. The van der Waals surface area contributed by atoms with Gasteiger partial charge in [0.15, 0.2) is 0 Å². The van der Waals surface area contributed by atoms with E-state index in [1.54, 1.807) is 12.4 Å². The first-order valence-corrected chi connectivity index (χ1v) is 12.9. The number of anilines is 2. The summed E-state index contributed by atoms with van der Waals surface area (Å²) in [4.78, 5) is 21.3. The first kappa shape index (κ1) is 23.3. The zero-order chi connectivity index (χ0) is 23.9. The third kappa shape index (κ3) is 6.59. The topological polar surface area (TPSA) is 76.1 Å². The molecule has 35 heavy (non-hydrogen) atoms. The Labute approximate surface area is 207 Å². The highest BCUT2D eigenvalue weighted by molar-refractivity contribution is 5.93. The molecular formula is C29H34N4O2. The van der Waals surface area contributed by atoms with Crippen molar-refractivity contribution in [3.05, 3.63) is 77.9 Å². The monoisotopic (exact) mass is 470 g/mol. The number of hydrogen-bond acceptors (Lipinski definition) is 5. The lowest BCUT2D eigenvalue weighted by Crippen LogP contribution is -2.27. The van der Waals surface area contributed by atoms with Gasteiger partial charge in [0.05, 0.1) is 5.69 Å². The number of nitrogens with zero attached hydrogens (tertiary/aromatic N) is 2. The average molecular weight is 471 g/mol. The molecule has 0 radical (unpaired) electrons. The van der Waals surface area contributed by atoms with Crippen molar-refractivity contribution < 1.29 is 9.53 Å². The molecule has 2 aliphatic rings. The number of carbonyl (C=O) groups is 1. The van der Waals surface area contributed by atoms with Gasteiger partial charge in [-0.1, -0.05) is 38.2 Å². The number of rotatable bonds is 10. The predicted octanol–water partition coefficient (Wildman–Crippen LogP) is 6.38. The maximum absolute atomic E-state index is 12.7. The van der Waals surface area contributed by atoms with Crippen LogP contribution in [0.4, 0.5) is 11.4 Å². The van der Waals surface area contributed by atoms with Gasteiger partial charge in [-0.05, 0) is 79.1 Å². The van der Waals surface area contributed by atoms with Crippen LogP contribution in [0.1, 0.15) is 79.0 Å². The summed E-state index contributed by atoms with van der Waals surface area (Å²) in [6, 6.07) is 15.7. The number of carbonyl (C=O) groups excluding carboxylic acids is 1. The predicted molar refractivity (Wildman–Crippen MR) is 138 cm³/mol. The van der Waals surface area contributed by atoms with Crippen LogP contribution in [-0.2, 0) is 6.61 Å². The van der Waals surface area contributed by atoms with Crippen LogP contribution in [0, 0.1) is 5.92 Å². The second kappa shape index (κ2) is 11.3. The Morgan fingerprint density at radius 2 is 1.83 bits per heavy atom. The van der Waals surface area contributed by atoms with Crippen molar-refractivity contribution in [2.75, 3.05) is 11.9 Å². The number of nitrogens with one attached hydrogen (secondary N) is 2. The largest absolute Gasteiger partial charge is 0.487 e. The number of pyridine rings is 2. The Morgan fingerprint density at radius 3 is 2.63 bits per heavy atom. The van der Waals surface area contributed by atoms with Crippen molar-refractivity contribution in [3.63, 3.8) is 0 Å². The zero-order valence-electron chi connectivity index (χ0n) is 20.2. The highest BCUT2D eigenvalue weighted by Gasteiger charge is 2.27. The van der Waals surface area contributed by atoms with Crippen molar-refractivity contribution in [3.8, 4) is 5.75 Å². The van der Waals surface area contributed by atoms with Crippen molar-refractivity contribution in [1.82, 2.24) is 15.3 Å². The summed E-state index contributed by atoms with van der Waals surface area (Å²) in [5, 5.41) is 6.57. The highest BCUT2D eigenvalue weighted by atomic mass is 16.5. The van der Waals surface area contributed by atoms with E-state index in [1.165, 1.54) is 50.5 Å². The molecule has 2 saturated carbocycles. The average Bonchev–Trinajstić information content (AvgIpc) is 3.75. The first-order chi connectivity index (χ1) is 17.2. The molecule has 1 amide bonds.